The summed E-state index contributed by atoms with van der Waals surface area (Å²) in [6.45, 7) is 4.99. The lowest BCUT2D eigenvalue weighted by Crippen LogP contribution is -2.23. The lowest BCUT2D eigenvalue weighted by molar-refractivity contribution is -0.116. The second-order valence-electron chi connectivity index (χ2n) is 6.91. The van der Waals surface area contributed by atoms with E-state index in [4.69, 9.17) is 9.47 Å². The molecule has 0 saturated heterocycles. The molecule has 6 heteroatoms. The third-order valence-electron chi connectivity index (χ3n) is 4.47. The Morgan fingerprint density at radius 2 is 2.07 bits per heavy atom. The van der Waals surface area contributed by atoms with Gasteiger partial charge in [-0.1, -0.05) is 29.8 Å². The standard InChI is InChI=1S/C24H26N2O3S/c1-17-7-9-23(28-3)20(13-17)11-12-25-24(27)10-8-19-5-4-6-22(14-19)29-15-21-16-30-18(2)26-21/h4-10,13-14,16H,11-12,15H2,1-3H3,(H,25,27)/b10-8+. The van der Waals surface area contributed by atoms with Crippen LogP contribution >= 0.6 is 11.3 Å². The summed E-state index contributed by atoms with van der Waals surface area (Å²) in [7, 11) is 1.66. The maximum absolute atomic E-state index is 12.2. The summed E-state index contributed by atoms with van der Waals surface area (Å²) in [5.41, 5.74) is 4.08. The molecule has 0 unspecified atom stereocenters. The Morgan fingerprint density at radius 3 is 2.83 bits per heavy atom. The molecule has 0 aliphatic carbocycles. The molecule has 1 N–H and O–H groups in total. The first-order valence-corrected chi connectivity index (χ1v) is 10.6. The van der Waals surface area contributed by atoms with Crippen molar-refractivity contribution in [2.24, 2.45) is 0 Å². The van der Waals surface area contributed by atoms with Crippen molar-refractivity contribution < 1.29 is 14.3 Å². The highest BCUT2D eigenvalue weighted by Crippen LogP contribution is 2.20. The van der Waals surface area contributed by atoms with Crippen LogP contribution in [-0.2, 0) is 17.8 Å². The number of carbonyl (C=O) groups excluding carboxylic acids is 1. The van der Waals surface area contributed by atoms with Crippen molar-refractivity contribution in [3.05, 3.63) is 81.3 Å². The minimum atomic E-state index is -0.133. The average Bonchev–Trinajstić information content (AvgIpc) is 3.16. The van der Waals surface area contributed by atoms with Crippen LogP contribution in [0.1, 0.15) is 27.4 Å². The SMILES string of the molecule is COc1ccc(C)cc1CCNC(=O)/C=C/c1cccc(OCc2csc(C)n2)c1. The number of rotatable bonds is 9. The largest absolute Gasteiger partial charge is 0.496 e. The van der Waals surface area contributed by atoms with E-state index >= 15 is 0 Å². The van der Waals surface area contributed by atoms with E-state index in [1.807, 2.05) is 55.6 Å². The first kappa shape index (κ1) is 21.6. The van der Waals surface area contributed by atoms with Crippen LogP contribution in [0.25, 0.3) is 6.08 Å². The molecule has 5 nitrogen and oxygen atoms in total. The van der Waals surface area contributed by atoms with Gasteiger partial charge in [0.15, 0.2) is 0 Å². The van der Waals surface area contributed by atoms with Gasteiger partial charge in [0.05, 0.1) is 17.8 Å². The van der Waals surface area contributed by atoms with Gasteiger partial charge in [0.2, 0.25) is 5.91 Å². The Labute approximate surface area is 181 Å². The number of hydrogen-bond acceptors (Lipinski definition) is 5. The molecule has 1 heterocycles. The fourth-order valence-electron chi connectivity index (χ4n) is 2.99. The van der Waals surface area contributed by atoms with Crippen molar-refractivity contribution in [2.45, 2.75) is 26.9 Å². The zero-order valence-electron chi connectivity index (χ0n) is 17.5. The van der Waals surface area contributed by atoms with Gasteiger partial charge in [-0.05, 0) is 55.7 Å². The number of nitrogens with one attached hydrogen (secondary N) is 1. The molecule has 0 fully saturated rings. The van der Waals surface area contributed by atoms with E-state index in [-0.39, 0.29) is 5.91 Å². The Hall–Kier alpha value is -3.12. The monoisotopic (exact) mass is 422 g/mol. The van der Waals surface area contributed by atoms with Gasteiger partial charge in [0, 0.05) is 18.0 Å². The smallest absolute Gasteiger partial charge is 0.244 e. The van der Waals surface area contributed by atoms with E-state index < -0.39 is 0 Å². The van der Waals surface area contributed by atoms with Crippen LogP contribution in [0.15, 0.2) is 53.9 Å². The number of benzene rings is 2. The lowest BCUT2D eigenvalue weighted by Gasteiger charge is -2.09. The molecule has 0 spiro atoms. The second-order valence-corrected chi connectivity index (χ2v) is 7.97. The van der Waals surface area contributed by atoms with Crippen molar-refractivity contribution in [3.63, 3.8) is 0 Å². The summed E-state index contributed by atoms with van der Waals surface area (Å²) >= 11 is 1.61. The summed E-state index contributed by atoms with van der Waals surface area (Å²) in [5.74, 6) is 1.45. The van der Waals surface area contributed by atoms with Crippen LogP contribution in [-0.4, -0.2) is 24.5 Å². The normalized spacial score (nSPS) is 10.9. The fourth-order valence-corrected chi connectivity index (χ4v) is 3.59. The van der Waals surface area contributed by atoms with Crippen LogP contribution in [0.3, 0.4) is 0 Å². The Bertz CT molecular complexity index is 1030. The van der Waals surface area contributed by atoms with E-state index in [1.165, 1.54) is 11.6 Å². The van der Waals surface area contributed by atoms with Gasteiger partial charge in [-0.2, -0.15) is 0 Å². The number of hydrogen-bond donors (Lipinski definition) is 1. The molecule has 0 radical (unpaired) electrons. The number of aryl methyl sites for hydroxylation is 2. The van der Waals surface area contributed by atoms with Gasteiger partial charge >= 0.3 is 0 Å². The minimum absolute atomic E-state index is 0.133. The Balaban J connectivity index is 1.49. The third-order valence-corrected chi connectivity index (χ3v) is 5.29. The van der Waals surface area contributed by atoms with Crippen molar-refractivity contribution in [1.29, 1.82) is 0 Å². The molecular weight excluding hydrogens is 396 g/mol. The molecular formula is C24H26N2O3S. The number of amides is 1. The molecule has 0 aliphatic rings. The number of ether oxygens (including phenoxy) is 2. The van der Waals surface area contributed by atoms with Crippen molar-refractivity contribution in [1.82, 2.24) is 10.3 Å². The number of aromatic nitrogens is 1. The zero-order chi connectivity index (χ0) is 21.3. The highest BCUT2D eigenvalue weighted by molar-refractivity contribution is 7.09. The maximum Gasteiger partial charge on any atom is 0.244 e. The molecule has 0 atom stereocenters. The average molecular weight is 423 g/mol. The number of nitrogens with zero attached hydrogens (tertiary/aromatic N) is 1. The van der Waals surface area contributed by atoms with Gasteiger partial charge in [-0.15, -0.1) is 11.3 Å². The summed E-state index contributed by atoms with van der Waals surface area (Å²) in [6.07, 6.45) is 4.03. The predicted octanol–water partition coefficient (Wildman–Crippen LogP) is 4.72. The zero-order valence-corrected chi connectivity index (χ0v) is 18.3. The maximum atomic E-state index is 12.2. The van der Waals surface area contributed by atoms with E-state index in [0.29, 0.717) is 19.6 Å². The van der Waals surface area contributed by atoms with E-state index in [9.17, 15) is 4.79 Å². The number of thiazole rings is 1. The third kappa shape index (κ3) is 6.46. The summed E-state index contributed by atoms with van der Waals surface area (Å²) in [5, 5.41) is 5.94. The molecule has 0 bridgehead atoms. The van der Waals surface area contributed by atoms with Crippen LogP contribution < -0.4 is 14.8 Å². The first-order chi connectivity index (χ1) is 14.5. The molecule has 0 aliphatic heterocycles. The van der Waals surface area contributed by atoms with Crippen LogP contribution in [0.2, 0.25) is 0 Å². The topological polar surface area (TPSA) is 60.5 Å². The lowest BCUT2D eigenvalue weighted by atomic mass is 10.1. The first-order valence-electron chi connectivity index (χ1n) is 9.77. The quantitative estimate of drug-likeness (QED) is 0.507. The van der Waals surface area contributed by atoms with Crippen molar-refractivity contribution in [3.8, 4) is 11.5 Å². The van der Waals surface area contributed by atoms with Gasteiger partial charge in [0.1, 0.15) is 18.1 Å². The predicted molar refractivity (Wildman–Crippen MR) is 121 cm³/mol. The molecule has 1 aromatic heterocycles. The molecule has 3 rings (SSSR count). The van der Waals surface area contributed by atoms with E-state index in [0.717, 1.165) is 33.3 Å². The molecule has 30 heavy (non-hydrogen) atoms. The van der Waals surface area contributed by atoms with Crippen LogP contribution in [0, 0.1) is 13.8 Å². The van der Waals surface area contributed by atoms with Gasteiger partial charge < -0.3 is 14.8 Å². The molecule has 3 aromatic rings. The van der Waals surface area contributed by atoms with Gasteiger partial charge in [-0.25, -0.2) is 4.98 Å². The van der Waals surface area contributed by atoms with E-state index in [1.54, 1.807) is 24.5 Å². The van der Waals surface area contributed by atoms with E-state index in [2.05, 4.69) is 16.4 Å². The highest BCUT2D eigenvalue weighted by Gasteiger charge is 2.04. The van der Waals surface area contributed by atoms with Crippen molar-refractivity contribution in [2.75, 3.05) is 13.7 Å². The van der Waals surface area contributed by atoms with Crippen LogP contribution in [0.5, 0.6) is 11.5 Å². The Kier molecular flexibility index (Phi) is 7.63. The summed E-state index contributed by atoms with van der Waals surface area (Å²) in [4.78, 5) is 16.6. The summed E-state index contributed by atoms with van der Waals surface area (Å²) in [6, 6.07) is 13.7. The molecule has 0 saturated carbocycles. The number of methoxy groups -OCH3 is 1. The minimum Gasteiger partial charge on any atom is -0.496 e. The summed E-state index contributed by atoms with van der Waals surface area (Å²) < 4.78 is 11.2. The highest BCUT2D eigenvalue weighted by atomic mass is 32.1. The molecule has 1 amide bonds. The Morgan fingerprint density at radius 1 is 1.20 bits per heavy atom. The molecule has 156 valence electrons. The van der Waals surface area contributed by atoms with Gasteiger partial charge in [0.25, 0.3) is 0 Å². The van der Waals surface area contributed by atoms with Gasteiger partial charge in [-0.3, -0.25) is 4.79 Å². The fraction of sp³-hybridized carbons (Fsp3) is 0.250. The van der Waals surface area contributed by atoms with Crippen molar-refractivity contribution >= 4 is 23.3 Å². The number of carbonyl (C=O) groups is 1. The second kappa shape index (κ2) is 10.6. The van der Waals surface area contributed by atoms with Crippen LogP contribution in [0.4, 0.5) is 0 Å². The molecule has 2 aromatic carbocycles.